The van der Waals surface area contributed by atoms with Gasteiger partial charge in [0.2, 0.25) is 0 Å². The van der Waals surface area contributed by atoms with Crippen LogP contribution in [0.2, 0.25) is 5.02 Å². The largest absolute Gasteiger partial charge is 0.495 e. The lowest BCUT2D eigenvalue weighted by molar-refractivity contribution is 0.0102. The minimum atomic E-state index is 0.321. The molecule has 0 aromatic heterocycles. The molecule has 106 valence electrons. The van der Waals surface area contributed by atoms with E-state index >= 15 is 0 Å². The minimum Gasteiger partial charge on any atom is -0.495 e. The molecule has 1 saturated heterocycles. The second-order valence-corrected chi connectivity index (χ2v) is 6.44. The number of alkyl halides is 1. The van der Waals surface area contributed by atoms with Crippen LogP contribution in [0.5, 0.6) is 5.75 Å². The highest BCUT2D eigenvalue weighted by molar-refractivity contribution is 9.09. The highest BCUT2D eigenvalue weighted by Crippen LogP contribution is 2.34. The molecule has 0 aliphatic carbocycles. The lowest BCUT2D eigenvalue weighted by Gasteiger charge is -2.23. The van der Waals surface area contributed by atoms with Crippen LogP contribution in [0.1, 0.15) is 42.5 Å². The molecule has 1 aliphatic heterocycles. The van der Waals surface area contributed by atoms with Crippen molar-refractivity contribution in [3.8, 4) is 5.75 Å². The predicted molar refractivity (Wildman–Crippen MR) is 82.5 cm³/mol. The van der Waals surface area contributed by atoms with Crippen molar-refractivity contribution in [2.24, 2.45) is 0 Å². The zero-order valence-corrected chi connectivity index (χ0v) is 13.5. The molecule has 0 radical (unpaired) electrons. The van der Waals surface area contributed by atoms with Gasteiger partial charge in [0.15, 0.2) is 0 Å². The van der Waals surface area contributed by atoms with Crippen molar-refractivity contribution in [2.45, 2.75) is 43.0 Å². The summed E-state index contributed by atoms with van der Waals surface area (Å²) < 4.78 is 10.9. The molecule has 0 saturated carbocycles. The average Bonchev–Trinajstić information content (AvgIpc) is 2.45. The first-order valence-corrected chi connectivity index (χ1v) is 8.09. The number of hydrogen-bond acceptors (Lipinski definition) is 2. The second kappa shape index (κ2) is 7.51. The molecule has 2 nitrogen and oxygen atoms in total. The van der Waals surface area contributed by atoms with E-state index in [9.17, 15) is 0 Å². The van der Waals surface area contributed by atoms with Gasteiger partial charge in [-0.1, -0.05) is 33.6 Å². The fraction of sp³-hybridized carbons (Fsp3) is 0.600. The third-order valence-electron chi connectivity index (χ3n) is 3.55. The summed E-state index contributed by atoms with van der Waals surface area (Å²) in [7, 11) is 1.63. The van der Waals surface area contributed by atoms with Crippen LogP contribution in [0.4, 0.5) is 0 Å². The van der Waals surface area contributed by atoms with E-state index in [1.807, 2.05) is 12.1 Å². The number of benzene rings is 1. The van der Waals surface area contributed by atoms with Gasteiger partial charge in [-0.15, -0.1) is 0 Å². The Morgan fingerprint density at radius 1 is 1.47 bits per heavy atom. The Kier molecular flexibility index (Phi) is 5.99. The molecule has 2 unspecified atom stereocenters. The van der Waals surface area contributed by atoms with Gasteiger partial charge in [0.25, 0.3) is 0 Å². The molecule has 1 aromatic carbocycles. The molecular weight excluding hydrogens is 328 g/mol. The molecule has 0 spiro atoms. The predicted octanol–water partition coefficient (Wildman–Crippen LogP) is 5.13. The third kappa shape index (κ3) is 4.37. The van der Waals surface area contributed by atoms with Crippen molar-refractivity contribution in [3.05, 3.63) is 28.8 Å². The molecular formula is C15H20BrClO2. The summed E-state index contributed by atoms with van der Waals surface area (Å²) in [5.41, 5.74) is 1.20. The van der Waals surface area contributed by atoms with Gasteiger partial charge in [0.1, 0.15) is 5.75 Å². The van der Waals surface area contributed by atoms with Gasteiger partial charge in [-0.2, -0.15) is 0 Å². The molecule has 0 bridgehead atoms. The Morgan fingerprint density at radius 2 is 2.32 bits per heavy atom. The zero-order chi connectivity index (χ0) is 13.7. The van der Waals surface area contributed by atoms with E-state index in [1.54, 1.807) is 7.11 Å². The second-order valence-electron chi connectivity index (χ2n) is 4.93. The highest BCUT2D eigenvalue weighted by atomic mass is 79.9. The van der Waals surface area contributed by atoms with E-state index in [-0.39, 0.29) is 0 Å². The number of ether oxygens (including phenoxy) is 2. The van der Waals surface area contributed by atoms with Crippen LogP contribution in [0.15, 0.2) is 18.2 Å². The van der Waals surface area contributed by atoms with Gasteiger partial charge >= 0.3 is 0 Å². The Hall–Kier alpha value is -0.250. The van der Waals surface area contributed by atoms with Crippen LogP contribution in [0.3, 0.4) is 0 Å². The lowest BCUT2D eigenvalue weighted by Crippen LogP contribution is -2.19. The van der Waals surface area contributed by atoms with E-state index in [1.165, 1.54) is 24.8 Å². The smallest absolute Gasteiger partial charge is 0.137 e. The van der Waals surface area contributed by atoms with Crippen molar-refractivity contribution in [3.63, 3.8) is 0 Å². The number of halogens is 2. The lowest BCUT2D eigenvalue weighted by atomic mass is 10.0. The van der Waals surface area contributed by atoms with Gasteiger partial charge in [-0.05, 0) is 49.8 Å². The van der Waals surface area contributed by atoms with Gasteiger partial charge < -0.3 is 9.47 Å². The average molecular weight is 348 g/mol. The zero-order valence-electron chi connectivity index (χ0n) is 11.2. The number of methoxy groups -OCH3 is 1. The van der Waals surface area contributed by atoms with Crippen LogP contribution < -0.4 is 4.74 Å². The molecule has 2 rings (SSSR count). The Bertz CT molecular complexity index is 405. The summed E-state index contributed by atoms with van der Waals surface area (Å²) >= 11 is 9.89. The molecule has 2 atom stereocenters. The molecule has 1 fully saturated rings. The van der Waals surface area contributed by atoms with Gasteiger partial charge in [0, 0.05) is 11.4 Å². The summed E-state index contributed by atoms with van der Waals surface area (Å²) in [5.74, 6) is 0.723. The molecule has 0 amide bonds. The van der Waals surface area contributed by atoms with E-state index in [0.29, 0.717) is 16.0 Å². The van der Waals surface area contributed by atoms with Crippen LogP contribution in [-0.2, 0) is 4.74 Å². The van der Waals surface area contributed by atoms with E-state index in [0.717, 1.165) is 25.2 Å². The Labute approximate surface area is 128 Å². The van der Waals surface area contributed by atoms with Crippen molar-refractivity contribution in [1.29, 1.82) is 0 Å². The van der Waals surface area contributed by atoms with Crippen molar-refractivity contribution in [2.75, 3.05) is 13.7 Å². The SMILES string of the molecule is COc1ccc(C(Br)CCC2CCCCO2)cc1Cl. The van der Waals surface area contributed by atoms with E-state index in [4.69, 9.17) is 21.1 Å². The van der Waals surface area contributed by atoms with E-state index in [2.05, 4.69) is 22.0 Å². The van der Waals surface area contributed by atoms with Gasteiger partial charge in [0.05, 0.1) is 18.2 Å². The van der Waals surface area contributed by atoms with Crippen LogP contribution in [-0.4, -0.2) is 19.8 Å². The standard InChI is InChI=1S/C15H20BrClO2/c1-18-15-8-5-11(10-14(15)17)13(16)7-6-12-4-2-3-9-19-12/h5,8,10,12-13H,2-4,6-7,9H2,1H3. The maximum absolute atomic E-state index is 6.15. The summed E-state index contributed by atoms with van der Waals surface area (Å²) in [6.45, 7) is 0.923. The molecule has 1 aliphatic rings. The first-order valence-electron chi connectivity index (χ1n) is 6.80. The summed E-state index contributed by atoms with van der Waals surface area (Å²) in [6.07, 6.45) is 6.30. The highest BCUT2D eigenvalue weighted by Gasteiger charge is 2.17. The summed E-state index contributed by atoms with van der Waals surface area (Å²) in [6, 6.07) is 5.95. The Balaban J connectivity index is 1.88. The molecule has 1 heterocycles. The van der Waals surface area contributed by atoms with E-state index < -0.39 is 0 Å². The number of hydrogen-bond donors (Lipinski definition) is 0. The van der Waals surface area contributed by atoms with Crippen molar-refractivity contribution in [1.82, 2.24) is 0 Å². The van der Waals surface area contributed by atoms with Crippen LogP contribution in [0.25, 0.3) is 0 Å². The first-order chi connectivity index (χ1) is 9.20. The number of rotatable bonds is 5. The minimum absolute atomic E-state index is 0.321. The van der Waals surface area contributed by atoms with Crippen molar-refractivity contribution >= 4 is 27.5 Å². The molecule has 4 heteroatoms. The Morgan fingerprint density at radius 3 is 2.95 bits per heavy atom. The normalized spacial score (nSPS) is 21.1. The maximum atomic E-state index is 6.15. The molecule has 0 N–H and O–H groups in total. The van der Waals surface area contributed by atoms with Gasteiger partial charge in [-0.25, -0.2) is 0 Å². The molecule has 1 aromatic rings. The van der Waals surface area contributed by atoms with Crippen LogP contribution in [0, 0.1) is 0 Å². The first kappa shape index (κ1) is 15.1. The maximum Gasteiger partial charge on any atom is 0.137 e. The summed E-state index contributed by atoms with van der Waals surface area (Å²) in [5, 5.41) is 0.665. The van der Waals surface area contributed by atoms with Crippen molar-refractivity contribution < 1.29 is 9.47 Å². The monoisotopic (exact) mass is 346 g/mol. The topological polar surface area (TPSA) is 18.5 Å². The fourth-order valence-corrected chi connectivity index (χ4v) is 3.23. The van der Waals surface area contributed by atoms with Gasteiger partial charge in [-0.3, -0.25) is 0 Å². The summed E-state index contributed by atoms with van der Waals surface area (Å²) in [4.78, 5) is 0.321. The molecule has 19 heavy (non-hydrogen) atoms. The quantitative estimate of drug-likeness (QED) is 0.687. The van der Waals surface area contributed by atoms with Crippen LogP contribution >= 0.6 is 27.5 Å². The fourth-order valence-electron chi connectivity index (χ4n) is 2.41. The third-order valence-corrected chi connectivity index (χ3v) is 4.84.